The maximum absolute atomic E-state index is 12.0. The van der Waals surface area contributed by atoms with Crippen molar-refractivity contribution in [2.75, 3.05) is 6.54 Å². The molecule has 0 saturated carbocycles. The van der Waals surface area contributed by atoms with E-state index in [4.69, 9.17) is 11.6 Å². The van der Waals surface area contributed by atoms with Gasteiger partial charge in [0.05, 0.1) is 11.3 Å². The lowest BCUT2D eigenvalue weighted by atomic mass is 10.0. The molecular formula is C10H17ClN2O3S2. The molecule has 18 heavy (non-hydrogen) atoms. The van der Waals surface area contributed by atoms with Crippen LogP contribution in [-0.2, 0) is 10.0 Å². The van der Waals surface area contributed by atoms with Crippen molar-refractivity contribution in [2.45, 2.75) is 43.4 Å². The zero-order chi connectivity index (χ0) is 14.0. The number of rotatable bonds is 6. The third kappa shape index (κ3) is 4.17. The molecule has 8 heteroatoms. The number of nitrogens with one attached hydrogen (secondary N) is 1. The van der Waals surface area contributed by atoms with Crippen molar-refractivity contribution in [3.05, 3.63) is 10.2 Å². The Labute approximate surface area is 116 Å². The first-order chi connectivity index (χ1) is 8.18. The molecule has 0 saturated heterocycles. The maximum atomic E-state index is 12.0. The number of hydrogen-bond acceptors (Lipinski definition) is 5. The third-order valence-corrected chi connectivity index (χ3v) is 5.68. The number of halogens is 1. The number of sulfonamides is 1. The highest BCUT2D eigenvalue weighted by atomic mass is 35.5. The third-order valence-electron chi connectivity index (χ3n) is 2.40. The second-order valence-electron chi connectivity index (χ2n) is 4.41. The topological polar surface area (TPSA) is 79.3 Å². The van der Waals surface area contributed by atoms with Crippen molar-refractivity contribution in [1.29, 1.82) is 0 Å². The fourth-order valence-corrected chi connectivity index (χ4v) is 4.49. The molecule has 0 amide bonds. The van der Waals surface area contributed by atoms with Gasteiger partial charge in [0, 0.05) is 6.54 Å². The van der Waals surface area contributed by atoms with Crippen molar-refractivity contribution >= 4 is 33.0 Å². The summed E-state index contributed by atoms with van der Waals surface area (Å²) in [5.41, 5.74) is -0.683. The summed E-state index contributed by atoms with van der Waals surface area (Å²) in [5.74, 6) is 0. The summed E-state index contributed by atoms with van der Waals surface area (Å²) in [6.45, 7) is 5.08. The van der Waals surface area contributed by atoms with Crippen molar-refractivity contribution in [2.24, 2.45) is 0 Å². The SMILES string of the molecule is CCCC(C)(O)CNS(=O)(=O)c1sc(Cl)nc1C. The molecule has 0 fully saturated rings. The van der Waals surface area contributed by atoms with E-state index in [2.05, 4.69) is 9.71 Å². The Hall–Kier alpha value is -0.210. The number of aryl methyl sites for hydroxylation is 1. The molecule has 2 N–H and O–H groups in total. The molecule has 1 atom stereocenters. The van der Waals surface area contributed by atoms with Gasteiger partial charge in [-0.15, -0.1) is 0 Å². The minimum atomic E-state index is -3.66. The van der Waals surface area contributed by atoms with Gasteiger partial charge in [-0.3, -0.25) is 0 Å². The van der Waals surface area contributed by atoms with E-state index in [0.29, 0.717) is 12.1 Å². The maximum Gasteiger partial charge on any atom is 0.252 e. The van der Waals surface area contributed by atoms with Gasteiger partial charge < -0.3 is 5.11 Å². The van der Waals surface area contributed by atoms with Crippen LogP contribution in [0.3, 0.4) is 0 Å². The van der Waals surface area contributed by atoms with Gasteiger partial charge in [-0.2, -0.15) is 0 Å². The van der Waals surface area contributed by atoms with Crippen LogP contribution >= 0.6 is 22.9 Å². The molecule has 0 aliphatic rings. The lowest BCUT2D eigenvalue weighted by Crippen LogP contribution is -2.40. The molecule has 1 rings (SSSR count). The molecule has 0 aliphatic carbocycles. The summed E-state index contributed by atoms with van der Waals surface area (Å²) in [7, 11) is -3.66. The molecule has 5 nitrogen and oxygen atoms in total. The predicted molar refractivity (Wildman–Crippen MR) is 72.6 cm³/mol. The standard InChI is InChI=1S/C10H17ClN2O3S2/c1-4-5-10(3,14)6-12-18(15,16)8-7(2)13-9(11)17-8/h12,14H,4-6H2,1-3H3. The number of aromatic nitrogens is 1. The van der Waals surface area contributed by atoms with Gasteiger partial charge in [0.25, 0.3) is 10.0 Å². The summed E-state index contributed by atoms with van der Waals surface area (Å²) < 4.78 is 26.7. The Morgan fingerprint density at radius 1 is 1.56 bits per heavy atom. The Morgan fingerprint density at radius 3 is 2.61 bits per heavy atom. The molecule has 0 radical (unpaired) electrons. The summed E-state index contributed by atoms with van der Waals surface area (Å²) in [6, 6.07) is 0. The Kier molecular flexibility index (Phi) is 5.13. The van der Waals surface area contributed by atoms with Crippen LogP contribution in [0.25, 0.3) is 0 Å². The van der Waals surface area contributed by atoms with Gasteiger partial charge in [0.2, 0.25) is 0 Å². The molecule has 1 unspecified atom stereocenters. The quantitative estimate of drug-likeness (QED) is 0.841. The highest BCUT2D eigenvalue weighted by molar-refractivity contribution is 7.91. The van der Waals surface area contributed by atoms with Gasteiger partial charge in [0.1, 0.15) is 0 Å². The first-order valence-corrected chi connectivity index (χ1v) is 8.21. The lowest BCUT2D eigenvalue weighted by Gasteiger charge is -2.22. The van der Waals surface area contributed by atoms with Gasteiger partial charge >= 0.3 is 0 Å². The normalized spacial score (nSPS) is 15.6. The largest absolute Gasteiger partial charge is 0.389 e. The highest BCUT2D eigenvalue weighted by Crippen LogP contribution is 2.26. The van der Waals surface area contributed by atoms with Gasteiger partial charge in [0.15, 0.2) is 8.68 Å². The van der Waals surface area contributed by atoms with E-state index in [1.807, 2.05) is 6.92 Å². The van der Waals surface area contributed by atoms with Crippen molar-refractivity contribution in [3.8, 4) is 0 Å². The molecule has 0 bridgehead atoms. The Bertz CT molecular complexity index is 511. The first-order valence-electron chi connectivity index (χ1n) is 5.53. The van der Waals surface area contributed by atoms with Gasteiger partial charge in [-0.1, -0.05) is 36.3 Å². The van der Waals surface area contributed by atoms with Crippen LogP contribution in [0.15, 0.2) is 4.21 Å². The minimum absolute atomic E-state index is 0.0296. The van der Waals surface area contributed by atoms with Gasteiger partial charge in [-0.25, -0.2) is 18.1 Å². The van der Waals surface area contributed by atoms with Crippen molar-refractivity contribution in [1.82, 2.24) is 9.71 Å². The van der Waals surface area contributed by atoms with Crippen LogP contribution in [-0.4, -0.2) is 30.7 Å². The van der Waals surface area contributed by atoms with E-state index < -0.39 is 15.6 Å². The minimum Gasteiger partial charge on any atom is -0.389 e. The van der Waals surface area contributed by atoms with Crippen LogP contribution in [0.4, 0.5) is 0 Å². The van der Waals surface area contributed by atoms with E-state index in [1.165, 1.54) is 0 Å². The first kappa shape index (κ1) is 15.8. The molecule has 1 aromatic rings. The summed E-state index contributed by atoms with van der Waals surface area (Å²) >= 11 is 6.58. The highest BCUT2D eigenvalue weighted by Gasteiger charge is 2.26. The second kappa shape index (κ2) is 5.83. The van der Waals surface area contributed by atoms with Crippen LogP contribution in [0.2, 0.25) is 4.47 Å². The van der Waals surface area contributed by atoms with E-state index in [0.717, 1.165) is 17.8 Å². The zero-order valence-electron chi connectivity index (χ0n) is 10.5. The van der Waals surface area contributed by atoms with Crippen LogP contribution in [0.5, 0.6) is 0 Å². The molecule has 1 heterocycles. The predicted octanol–water partition coefficient (Wildman–Crippen LogP) is 1.93. The molecular weight excluding hydrogens is 296 g/mol. The summed E-state index contributed by atoms with van der Waals surface area (Å²) in [5, 5.41) is 9.93. The molecule has 0 aliphatic heterocycles. The van der Waals surface area contributed by atoms with Gasteiger partial charge in [-0.05, 0) is 20.3 Å². The Morgan fingerprint density at radius 2 is 2.17 bits per heavy atom. The monoisotopic (exact) mass is 312 g/mol. The lowest BCUT2D eigenvalue weighted by molar-refractivity contribution is 0.0554. The zero-order valence-corrected chi connectivity index (χ0v) is 12.9. The number of aliphatic hydroxyl groups is 1. The average Bonchev–Trinajstić information content (AvgIpc) is 2.56. The number of hydrogen-bond donors (Lipinski definition) is 2. The van der Waals surface area contributed by atoms with E-state index >= 15 is 0 Å². The number of nitrogens with zero attached hydrogens (tertiary/aromatic N) is 1. The van der Waals surface area contributed by atoms with Crippen molar-refractivity contribution in [3.63, 3.8) is 0 Å². The summed E-state index contributed by atoms with van der Waals surface area (Å²) in [6.07, 6.45) is 1.30. The smallest absolute Gasteiger partial charge is 0.252 e. The van der Waals surface area contributed by atoms with E-state index in [1.54, 1.807) is 13.8 Å². The van der Waals surface area contributed by atoms with Crippen molar-refractivity contribution < 1.29 is 13.5 Å². The van der Waals surface area contributed by atoms with Crippen LogP contribution in [0.1, 0.15) is 32.4 Å². The molecule has 1 aromatic heterocycles. The molecule has 0 spiro atoms. The summed E-state index contributed by atoms with van der Waals surface area (Å²) in [4.78, 5) is 3.86. The fraction of sp³-hybridized carbons (Fsp3) is 0.700. The fourth-order valence-electron chi connectivity index (χ4n) is 1.54. The van der Waals surface area contributed by atoms with Crippen LogP contribution in [0, 0.1) is 6.92 Å². The molecule has 104 valence electrons. The second-order valence-corrected chi connectivity index (χ2v) is 7.95. The molecule has 0 aromatic carbocycles. The van der Waals surface area contributed by atoms with E-state index in [-0.39, 0.29) is 15.2 Å². The number of thiazole rings is 1. The van der Waals surface area contributed by atoms with E-state index in [9.17, 15) is 13.5 Å². The Balaban J connectivity index is 2.81. The average molecular weight is 313 g/mol. The van der Waals surface area contributed by atoms with Crippen LogP contribution < -0.4 is 4.72 Å².